The third-order valence-electron chi connectivity index (χ3n) is 9.02. The van der Waals surface area contributed by atoms with E-state index in [9.17, 15) is 0 Å². The first-order valence-electron chi connectivity index (χ1n) is 13.8. The first-order chi connectivity index (χ1) is 15.1. The zero-order valence-electron chi connectivity index (χ0n) is 21.1. The Morgan fingerprint density at radius 3 is 1.90 bits per heavy atom. The van der Waals surface area contributed by atoms with Crippen LogP contribution in [0.5, 0.6) is 5.75 Å². The van der Waals surface area contributed by atoms with Crippen molar-refractivity contribution in [2.24, 2.45) is 29.6 Å². The summed E-state index contributed by atoms with van der Waals surface area (Å²) in [6.07, 6.45) is 18.3. The Bertz CT molecular complexity index is 589. The Kier molecular flexibility index (Phi) is 10.3. The number of benzene rings is 1. The first kappa shape index (κ1) is 24.7. The molecule has 0 aromatic heterocycles. The van der Waals surface area contributed by atoms with Gasteiger partial charge in [0.2, 0.25) is 0 Å². The van der Waals surface area contributed by atoms with Crippen molar-refractivity contribution in [3.05, 3.63) is 29.8 Å². The van der Waals surface area contributed by atoms with E-state index in [1.807, 2.05) is 0 Å². The number of rotatable bonds is 11. The van der Waals surface area contributed by atoms with E-state index in [0.29, 0.717) is 5.92 Å². The fraction of sp³-hybridized carbons (Fsp3) is 0.800. The molecule has 1 heteroatoms. The van der Waals surface area contributed by atoms with Crippen LogP contribution in [0, 0.1) is 29.6 Å². The van der Waals surface area contributed by atoms with Gasteiger partial charge in [-0.3, -0.25) is 0 Å². The summed E-state index contributed by atoms with van der Waals surface area (Å²) >= 11 is 0. The summed E-state index contributed by atoms with van der Waals surface area (Å²) in [6, 6.07) is 9.04. The Morgan fingerprint density at radius 2 is 1.32 bits per heavy atom. The third kappa shape index (κ3) is 7.26. The quantitative estimate of drug-likeness (QED) is 0.320. The van der Waals surface area contributed by atoms with E-state index in [-0.39, 0.29) is 0 Å². The molecular weight excluding hydrogens is 376 g/mol. The van der Waals surface area contributed by atoms with Crippen molar-refractivity contribution in [3.63, 3.8) is 0 Å². The van der Waals surface area contributed by atoms with E-state index in [1.165, 1.54) is 82.6 Å². The van der Waals surface area contributed by atoms with E-state index in [2.05, 4.69) is 52.0 Å². The second-order valence-electron chi connectivity index (χ2n) is 11.0. The van der Waals surface area contributed by atoms with Crippen LogP contribution in [0.3, 0.4) is 0 Å². The summed E-state index contributed by atoms with van der Waals surface area (Å²) in [4.78, 5) is 0. The highest BCUT2D eigenvalue weighted by Crippen LogP contribution is 2.45. The molecule has 3 rings (SSSR count). The van der Waals surface area contributed by atoms with Crippen molar-refractivity contribution in [3.8, 4) is 5.75 Å². The smallest absolute Gasteiger partial charge is 0.119 e. The number of unbranched alkanes of at least 4 members (excludes halogenated alkanes) is 2. The number of hydrogen-bond acceptors (Lipinski definition) is 1. The first-order valence-corrected chi connectivity index (χ1v) is 13.8. The molecule has 2 aliphatic carbocycles. The standard InChI is InChI=1S/C30H50O/c1-5-7-8-22-31-30-20-18-29(19-21-30)24(4)28-16-14-27(15-17-28)23(3)26-12-10-25(9-6-2)11-13-26/h18-21,23-28H,5-17,22H2,1-4H3. The molecule has 0 bridgehead atoms. The van der Waals surface area contributed by atoms with Gasteiger partial charge in [-0.05, 0) is 98.1 Å². The van der Waals surface area contributed by atoms with Crippen LogP contribution in [0.1, 0.15) is 123 Å². The minimum Gasteiger partial charge on any atom is -0.494 e. The highest BCUT2D eigenvalue weighted by Gasteiger charge is 2.33. The minimum atomic E-state index is 0.676. The Balaban J connectivity index is 1.41. The van der Waals surface area contributed by atoms with Crippen LogP contribution in [0.2, 0.25) is 0 Å². The minimum absolute atomic E-state index is 0.676. The fourth-order valence-corrected chi connectivity index (χ4v) is 6.65. The van der Waals surface area contributed by atoms with Crippen molar-refractivity contribution in [1.29, 1.82) is 0 Å². The molecule has 31 heavy (non-hydrogen) atoms. The predicted octanol–water partition coefficient (Wildman–Crippen LogP) is 9.41. The van der Waals surface area contributed by atoms with E-state index < -0.39 is 0 Å². The Labute approximate surface area is 193 Å². The number of hydrogen-bond donors (Lipinski definition) is 0. The summed E-state index contributed by atoms with van der Waals surface area (Å²) in [5.74, 6) is 6.56. The van der Waals surface area contributed by atoms with Gasteiger partial charge < -0.3 is 4.74 Å². The zero-order valence-corrected chi connectivity index (χ0v) is 21.1. The van der Waals surface area contributed by atoms with E-state index in [4.69, 9.17) is 4.74 Å². The molecule has 0 amide bonds. The highest BCUT2D eigenvalue weighted by atomic mass is 16.5. The predicted molar refractivity (Wildman–Crippen MR) is 135 cm³/mol. The SMILES string of the molecule is CCCCCOc1ccc(C(C)C2CCC(C(C)C3CCC(CCC)CC3)CC2)cc1. The molecule has 2 unspecified atom stereocenters. The normalized spacial score (nSPS) is 28.8. The second-order valence-corrected chi connectivity index (χ2v) is 11.0. The molecule has 1 aromatic carbocycles. The summed E-state index contributed by atoms with van der Waals surface area (Å²) < 4.78 is 5.91. The molecule has 2 fully saturated rings. The average Bonchev–Trinajstić information content (AvgIpc) is 2.82. The van der Waals surface area contributed by atoms with Gasteiger partial charge in [0.05, 0.1) is 6.61 Å². The van der Waals surface area contributed by atoms with E-state index in [1.54, 1.807) is 0 Å². The Morgan fingerprint density at radius 1 is 0.742 bits per heavy atom. The lowest BCUT2D eigenvalue weighted by atomic mass is 9.65. The van der Waals surface area contributed by atoms with Gasteiger partial charge in [-0.15, -0.1) is 0 Å². The van der Waals surface area contributed by atoms with E-state index >= 15 is 0 Å². The molecule has 0 aliphatic heterocycles. The maximum atomic E-state index is 5.91. The summed E-state index contributed by atoms with van der Waals surface area (Å²) in [7, 11) is 0. The van der Waals surface area contributed by atoms with Crippen LogP contribution in [-0.2, 0) is 0 Å². The van der Waals surface area contributed by atoms with Crippen molar-refractivity contribution >= 4 is 0 Å². The van der Waals surface area contributed by atoms with Gasteiger partial charge in [0, 0.05) is 0 Å². The van der Waals surface area contributed by atoms with Gasteiger partial charge in [0.1, 0.15) is 5.75 Å². The fourth-order valence-electron chi connectivity index (χ4n) is 6.65. The molecule has 0 heterocycles. The van der Waals surface area contributed by atoms with Gasteiger partial charge in [-0.25, -0.2) is 0 Å². The molecule has 2 atom stereocenters. The Hall–Kier alpha value is -0.980. The molecule has 1 aromatic rings. The lowest BCUT2D eigenvalue weighted by Crippen LogP contribution is -2.29. The maximum Gasteiger partial charge on any atom is 0.119 e. The van der Waals surface area contributed by atoms with Crippen molar-refractivity contribution in [2.45, 2.75) is 117 Å². The zero-order chi connectivity index (χ0) is 22.1. The monoisotopic (exact) mass is 426 g/mol. The van der Waals surface area contributed by atoms with Crippen LogP contribution in [0.4, 0.5) is 0 Å². The molecule has 176 valence electrons. The molecule has 1 nitrogen and oxygen atoms in total. The van der Waals surface area contributed by atoms with Crippen LogP contribution in [0.15, 0.2) is 24.3 Å². The van der Waals surface area contributed by atoms with Crippen LogP contribution in [0.25, 0.3) is 0 Å². The molecule has 0 radical (unpaired) electrons. The van der Waals surface area contributed by atoms with E-state index in [0.717, 1.165) is 48.4 Å². The lowest BCUT2D eigenvalue weighted by Gasteiger charge is -2.40. The highest BCUT2D eigenvalue weighted by molar-refractivity contribution is 5.29. The largest absolute Gasteiger partial charge is 0.494 e. The topological polar surface area (TPSA) is 9.23 Å². The molecule has 2 aliphatic rings. The number of ether oxygens (including phenoxy) is 1. The van der Waals surface area contributed by atoms with Crippen LogP contribution >= 0.6 is 0 Å². The van der Waals surface area contributed by atoms with Gasteiger partial charge in [-0.1, -0.05) is 78.4 Å². The maximum absolute atomic E-state index is 5.91. The van der Waals surface area contributed by atoms with Gasteiger partial charge in [0.25, 0.3) is 0 Å². The van der Waals surface area contributed by atoms with Crippen molar-refractivity contribution in [2.75, 3.05) is 6.61 Å². The van der Waals surface area contributed by atoms with Crippen molar-refractivity contribution < 1.29 is 4.74 Å². The van der Waals surface area contributed by atoms with Gasteiger partial charge in [-0.2, -0.15) is 0 Å². The summed E-state index contributed by atoms with van der Waals surface area (Å²) in [5, 5.41) is 0. The molecule has 2 saturated carbocycles. The van der Waals surface area contributed by atoms with Gasteiger partial charge in [0.15, 0.2) is 0 Å². The van der Waals surface area contributed by atoms with Crippen LogP contribution < -0.4 is 4.74 Å². The molecule has 0 spiro atoms. The summed E-state index contributed by atoms with van der Waals surface area (Å²) in [5.41, 5.74) is 1.51. The molecule has 0 saturated heterocycles. The molecular formula is C30H50O. The third-order valence-corrected chi connectivity index (χ3v) is 9.02. The van der Waals surface area contributed by atoms with Crippen LogP contribution in [-0.4, -0.2) is 6.61 Å². The summed E-state index contributed by atoms with van der Waals surface area (Å²) in [6.45, 7) is 10.5. The second kappa shape index (κ2) is 12.9. The average molecular weight is 427 g/mol. The van der Waals surface area contributed by atoms with Crippen molar-refractivity contribution in [1.82, 2.24) is 0 Å². The molecule has 0 N–H and O–H groups in total. The van der Waals surface area contributed by atoms with Gasteiger partial charge >= 0.3 is 0 Å². The lowest BCUT2D eigenvalue weighted by molar-refractivity contribution is 0.118.